The van der Waals surface area contributed by atoms with Crippen LogP contribution in [0.4, 0.5) is 5.82 Å². The van der Waals surface area contributed by atoms with Crippen LogP contribution in [0.1, 0.15) is 13.3 Å². The van der Waals surface area contributed by atoms with Crippen LogP contribution in [-0.4, -0.2) is 60.7 Å². The minimum absolute atomic E-state index is 0.640. The van der Waals surface area contributed by atoms with E-state index < -0.39 is 0 Å². The maximum absolute atomic E-state index is 5.48. The highest BCUT2D eigenvalue weighted by atomic mass is 16.5. The number of nitrogens with one attached hydrogen (secondary N) is 2. The van der Waals surface area contributed by atoms with Crippen LogP contribution in [-0.2, 0) is 0 Å². The molecule has 2 heterocycles. The van der Waals surface area contributed by atoms with Gasteiger partial charge in [-0.25, -0.2) is 9.97 Å². The van der Waals surface area contributed by atoms with Gasteiger partial charge in [0.2, 0.25) is 5.88 Å². The van der Waals surface area contributed by atoms with Crippen molar-refractivity contribution < 1.29 is 4.74 Å². The zero-order valence-corrected chi connectivity index (χ0v) is 11.6. The van der Waals surface area contributed by atoms with Gasteiger partial charge in [0.15, 0.2) is 0 Å². The van der Waals surface area contributed by atoms with Crippen molar-refractivity contribution in [2.75, 3.05) is 51.2 Å². The first-order valence-corrected chi connectivity index (χ1v) is 7.00. The number of aromatic nitrogens is 2. The molecule has 0 saturated carbocycles. The van der Waals surface area contributed by atoms with E-state index in [-0.39, 0.29) is 0 Å². The molecular formula is C13H23N5O. The molecule has 1 saturated heterocycles. The molecule has 2 rings (SSSR count). The molecule has 0 spiro atoms. The van der Waals surface area contributed by atoms with Crippen molar-refractivity contribution in [1.29, 1.82) is 0 Å². The van der Waals surface area contributed by atoms with Crippen molar-refractivity contribution in [3.05, 3.63) is 12.4 Å². The number of piperazine rings is 1. The third-order valence-electron chi connectivity index (χ3n) is 3.04. The molecule has 1 fully saturated rings. The molecule has 0 unspecified atom stereocenters. The minimum Gasteiger partial charge on any atom is -0.478 e. The molecular weight excluding hydrogens is 242 g/mol. The molecule has 0 aromatic carbocycles. The second-order valence-electron chi connectivity index (χ2n) is 4.61. The summed E-state index contributed by atoms with van der Waals surface area (Å²) in [6.07, 6.45) is 2.52. The van der Waals surface area contributed by atoms with E-state index in [1.54, 1.807) is 0 Å². The molecule has 1 aliphatic heterocycles. The fraction of sp³-hybridized carbons (Fsp3) is 0.692. The second-order valence-corrected chi connectivity index (χ2v) is 4.61. The second kappa shape index (κ2) is 7.91. The van der Waals surface area contributed by atoms with Gasteiger partial charge in [-0.1, -0.05) is 6.92 Å². The van der Waals surface area contributed by atoms with Gasteiger partial charge >= 0.3 is 0 Å². The summed E-state index contributed by atoms with van der Waals surface area (Å²) in [7, 11) is 0. The van der Waals surface area contributed by atoms with Crippen molar-refractivity contribution in [1.82, 2.24) is 20.2 Å². The van der Waals surface area contributed by atoms with E-state index in [4.69, 9.17) is 4.74 Å². The Morgan fingerprint density at radius 3 is 3.00 bits per heavy atom. The van der Waals surface area contributed by atoms with Gasteiger partial charge in [0, 0.05) is 45.3 Å². The van der Waals surface area contributed by atoms with E-state index in [9.17, 15) is 0 Å². The molecule has 1 aliphatic rings. The predicted molar refractivity (Wildman–Crippen MR) is 75.6 cm³/mol. The molecule has 0 radical (unpaired) electrons. The highest BCUT2D eigenvalue weighted by molar-refractivity contribution is 5.36. The van der Waals surface area contributed by atoms with Crippen LogP contribution in [0.25, 0.3) is 0 Å². The molecule has 6 heteroatoms. The number of hydrogen-bond acceptors (Lipinski definition) is 6. The summed E-state index contributed by atoms with van der Waals surface area (Å²) >= 11 is 0. The average molecular weight is 265 g/mol. The minimum atomic E-state index is 0.640. The Bertz CT molecular complexity index is 368. The molecule has 1 aromatic rings. The highest BCUT2D eigenvalue weighted by Gasteiger charge is 2.08. The van der Waals surface area contributed by atoms with Gasteiger partial charge in [-0.05, 0) is 6.42 Å². The lowest BCUT2D eigenvalue weighted by atomic mass is 10.3. The van der Waals surface area contributed by atoms with Crippen molar-refractivity contribution in [3.8, 4) is 5.88 Å². The standard InChI is InChI=1S/C13H23N5O/c1-2-9-19-13-10-12(16-11-17-13)15-5-8-18-6-3-14-4-7-18/h10-11,14H,2-9H2,1H3,(H,15,16,17). The van der Waals surface area contributed by atoms with E-state index in [0.717, 1.165) is 51.5 Å². The lowest BCUT2D eigenvalue weighted by molar-refractivity contribution is 0.249. The van der Waals surface area contributed by atoms with Crippen molar-refractivity contribution >= 4 is 5.82 Å². The number of nitrogens with zero attached hydrogens (tertiary/aromatic N) is 3. The van der Waals surface area contributed by atoms with Crippen LogP contribution in [0.3, 0.4) is 0 Å². The molecule has 106 valence electrons. The molecule has 6 nitrogen and oxygen atoms in total. The van der Waals surface area contributed by atoms with E-state index in [1.165, 1.54) is 6.33 Å². The number of hydrogen-bond donors (Lipinski definition) is 2. The largest absolute Gasteiger partial charge is 0.478 e. The molecule has 1 aromatic heterocycles. The fourth-order valence-electron chi connectivity index (χ4n) is 2.00. The molecule has 2 N–H and O–H groups in total. The zero-order chi connectivity index (χ0) is 13.3. The van der Waals surface area contributed by atoms with Crippen LogP contribution in [0.15, 0.2) is 12.4 Å². The summed E-state index contributed by atoms with van der Waals surface area (Å²) in [6, 6.07) is 1.85. The Hall–Kier alpha value is -1.40. The van der Waals surface area contributed by atoms with E-state index >= 15 is 0 Å². The van der Waals surface area contributed by atoms with Gasteiger partial charge in [-0.3, -0.25) is 4.90 Å². The summed E-state index contributed by atoms with van der Waals surface area (Å²) in [5.74, 6) is 1.47. The van der Waals surface area contributed by atoms with Gasteiger partial charge in [0.25, 0.3) is 0 Å². The third-order valence-corrected chi connectivity index (χ3v) is 3.04. The summed E-state index contributed by atoms with van der Waals surface area (Å²) < 4.78 is 5.48. The van der Waals surface area contributed by atoms with E-state index in [1.807, 2.05) is 6.07 Å². The maximum atomic E-state index is 5.48. The van der Waals surface area contributed by atoms with E-state index in [0.29, 0.717) is 12.5 Å². The van der Waals surface area contributed by atoms with Gasteiger partial charge in [0.05, 0.1) is 6.61 Å². The first kappa shape index (κ1) is 14.0. The molecule has 0 amide bonds. The normalized spacial score (nSPS) is 16.3. The summed E-state index contributed by atoms with van der Waals surface area (Å²) in [5.41, 5.74) is 0. The Morgan fingerprint density at radius 1 is 1.37 bits per heavy atom. The lowest BCUT2D eigenvalue weighted by Crippen LogP contribution is -2.45. The summed E-state index contributed by atoms with van der Waals surface area (Å²) in [5, 5.41) is 6.67. The Labute approximate surface area is 114 Å². The monoisotopic (exact) mass is 265 g/mol. The quantitative estimate of drug-likeness (QED) is 0.752. The van der Waals surface area contributed by atoms with Crippen LogP contribution < -0.4 is 15.4 Å². The third kappa shape index (κ3) is 5.00. The average Bonchev–Trinajstić information content (AvgIpc) is 2.47. The summed E-state index contributed by atoms with van der Waals surface area (Å²) in [6.45, 7) is 9.11. The first-order valence-electron chi connectivity index (χ1n) is 7.00. The Balaban J connectivity index is 1.72. The van der Waals surface area contributed by atoms with Gasteiger partial charge in [-0.2, -0.15) is 0 Å². The van der Waals surface area contributed by atoms with Crippen LogP contribution >= 0.6 is 0 Å². The molecule has 0 bridgehead atoms. The van der Waals surface area contributed by atoms with Gasteiger partial charge in [-0.15, -0.1) is 0 Å². The zero-order valence-electron chi connectivity index (χ0n) is 11.6. The molecule has 0 aliphatic carbocycles. The maximum Gasteiger partial charge on any atom is 0.218 e. The first-order chi connectivity index (χ1) is 9.38. The van der Waals surface area contributed by atoms with Crippen LogP contribution in [0, 0.1) is 0 Å². The number of anilines is 1. The Kier molecular flexibility index (Phi) is 5.84. The number of rotatable bonds is 7. The highest BCUT2D eigenvalue weighted by Crippen LogP contribution is 2.10. The van der Waals surface area contributed by atoms with Crippen molar-refractivity contribution in [3.63, 3.8) is 0 Å². The van der Waals surface area contributed by atoms with Crippen LogP contribution in [0.5, 0.6) is 5.88 Å². The van der Waals surface area contributed by atoms with Gasteiger partial charge < -0.3 is 15.4 Å². The van der Waals surface area contributed by atoms with Gasteiger partial charge in [0.1, 0.15) is 12.1 Å². The molecule has 0 atom stereocenters. The Morgan fingerprint density at radius 2 is 2.21 bits per heavy atom. The molecule has 19 heavy (non-hydrogen) atoms. The topological polar surface area (TPSA) is 62.3 Å². The number of ether oxygens (including phenoxy) is 1. The smallest absolute Gasteiger partial charge is 0.218 e. The van der Waals surface area contributed by atoms with Crippen molar-refractivity contribution in [2.24, 2.45) is 0 Å². The summed E-state index contributed by atoms with van der Waals surface area (Å²) in [4.78, 5) is 10.7. The van der Waals surface area contributed by atoms with Crippen molar-refractivity contribution in [2.45, 2.75) is 13.3 Å². The predicted octanol–water partition coefficient (Wildman–Crippen LogP) is 0.583. The lowest BCUT2D eigenvalue weighted by Gasteiger charge is -2.27. The van der Waals surface area contributed by atoms with Crippen LogP contribution in [0.2, 0.25) is 0 Å². The van der Waals surface area contributed by atoms with E-state index in [2.05, 4.69) is 32.4 Å². The fourth-order valence-corrected chi connectivity index (χ4v) is 2.00. The SMILES string of the molecule is CCCOc1cc(NCCN2CCNCC2)ncn1.